The fraction of sp³-hybridized carbons (Fsp3) is 0.923. The molecule has 1 N–H and O–H groups in total. The van der Waals surface area contributed by atoms with Crippen LogP contribution in [0.3, 0.4) is 0 Å². The van der Waals surface area contributed by atoms with E-state index in [1.807, 2.05) is 13.8 Å². The van der Waals surface area contributed by atoms with Crippen LogP contribution in [0.15, 0.2) is 0 Å². The molecule has 0 bridgehead atoms. The Balaban J connectivity index is 1.85. The second-order valence-electron chi connectivity index (χ2n) is 5.36. The molecule has 1 saturated carbocycles. The zero-order chi connectivity index (χ0) is 12.5. The quantitative estimate of drug-likeness (QED) is 0.796. The monoisotopic (exact) mass is 241 g/mol. The second-order valence-corrected chi connectivity index (χ2v) is 5.36. The highest BCUT2D eigenvalue weighted by Crippen LogP contribution is 2.39. The first-order chi connectivity index (χ1) is 8.11. The Kier molecular flexibility index (Phi) is 3.73. The molecule has 0 aromatic rings. The number of carboxylic acids is 1. The van der Waals surface area contributed by atoms with Crippen LogP contribution >= 0.6 is 0 Å². The smallest absolute Gasteiger partial charge is 0.310 e. The molecule has 98 valence electrons. The SMILES string of the molecule is CCOC1CC(N2CCC(CC)(C(=O)O)C2)C1. The van der Waals surface area contributed by atoms with Gasteiger partial charge in [0.2, 0.25) is 0 Å². The van der Waals surface area contributed by atoms with E-state index in [9.17, 15) is 9.90 Å². The van der Waals surface area contributed by atoms with Crippen molar-refractivity contribution in [2.24, 2.45) is 5.41 Å². The Labute approximate surface area is 103 Å². The Morgan fingerprint density at radius 3 is 2.65 bits per heavy atom. The van der Waals surface area contributed by atoms with Gasteiger partial charge in [-0.05, 0) is 39.2 Å². The number of likely N-dealkylation sites (tertiary alicyclic amines) is 1. The summed E-state index contributed by atoms with van der Waals surface area (Å²) in [6.45, 7) is 6.45. The molecule has 4 nitrogen and oxygen atoms in total. The number of carbonyl (C=O) groups is 1. The molecule has 1 atom stereocenters. The minimum absolute atomic E-state index is 0.409. The van der Waals surface area contributed by atoms with Crippen LogP contribution in [0.2, 0.25) is 0 Å². The van der Waals surface area contributed by atoms with E-state index >= 15 is 0 Å². The lowest BCUT2D eigenvalue weighted by Gasteiger charge is -2.41. The average molecular weight is 241 g/mol. The summed E-state index contributed by atoms with van der Waals surface area (Å²) in [5, 5.41) is 9.34. The van der Waals surface area contributed by atoms with Crippen molar-refractivity contribution in [2.75, 3.05) is 19.7 Å². The van der Waals surface area contributed by atoms with Crippen molar-refractivity contribution < 1.29 is 14.6 Å². The van der Waals surface area contributed by atoms with Crippen LogP contribution in [-0.2, 0) is 9.53 Å². The van der Waals surface area contributed by atoms with E-state index < -0.39 is 11.4 Å². The molecule has 1 unspecified atom stereocenters. The number of aliphatic carboxylic acids is 1. The zero-order valence-corrected chi connectivity index (χ0v) is 10.8. The largest absolute Gasteiger partial charge is 0.481 e. The number of carboxylic acid groups (broad SMARTS) is 1. The van der Waals surface area contributed by atoms with Gasteiger partial charge in [-0.1, -0.05) is 6.92 Å². The van der Waals surface area contributed by atoms with Gasteiger partial charge in [0.15, 0.2) is 0 Å². The molecule has 2 rings (SSSR count). The van der Waals surface area contributed by atoms with Crippen LogP contribution in [0.4, 0.5) is 0 Å². The van der Waals surface area contributed by atoms with Crippen molar-refractivity contribution >= 4 is 5.97 Å². The molecule has 1 aliphatic heterocycles. The minimum atomic E-state index is -0.622. The molecule has 2 fully saturated rings. The number of hydrogen-bond donors (Lipinski definition) is 1. The second kappa shape index (κ2) is 4.94. The van der Waals surface area contributed by atoms with Gasteiger partial charge in [0.05, 0.1) is 11.5 Å². The summed E-state index contributed by atoms with van der Waals surface area (Å²) in [6, 6.07) is 0.555. The maximum absolute atomic E-state index is 11.3. The third-order valence-corrected chi connectivity index (χ3v) is 4.50. The van der Waals surface area contributed by atoms with E-state index in [2.05, 4.69) is 4.90 Å². The van der Waals surface area contributed by atoms with Gasteiger partial charge in [0, 0.05) is 19.2 Å². The number of nitrogens with zero attached hydrogens (tertiary/aromatic N) is 1. The minimum Gasteiger partial charge on any atom is -0.481 e. The van der Waals surface area contributed by atoms with Crippen LogP contribution < -0.4 is 0 Å². The molecule has 2 aliphatic rings. The summed E-state index contributed by atoms with van der Waals surface area (Å²) >= 11 is 0. The van der Waals surface area contributed by atoms with Gasteiger partial charge in [0.1, 0.15) is 0 Å². The summed E-state index contributed by atoms with van der Waals surface area (Å²) in [5.74, 6) is -0.622. The van der Waals surface area contributed by atoms with Crippen LogP contribution in [0.25, 0.3) is 0 Å². The Morgan fingerprint density at radius 2 is 2.18 bits per heavy atom. The Hall–Kier alpha value is -0.610. The van der Waals surface area contributed by atoms with Gasteiger partial charge in [-0.15, -0.1) is 0 Å². The fourth-order valence-corrected chi connectivity index (χ4v) is 3.04. The van der Waals surface area contributed by atoms with E-state index in [1.54, 1.807) is 0 Å². The highest BCUT2D eigenvalue weighted by molar-refractivity contribution is 5.75. The molecular formula is C13H23NO3. The highest BCUT2D eigenvalue weighted by Gasteiger charge is 2.47. The lowest BCUT2D eigenvalue weighted by Crippen LogP contribution is -2.48. The summed E-state index contributed by atoms with van der Waals surface area (Å²) in [5.41, 5.74) is -0.489. The molecule has 1 heterocycles. The predicted molar refractivity (Wildman–Crippen MR) is 65.0 cm³/mol. The van der Waals surface area contributed by atoms with Crippen LogP contribution in [-0.4, -0.2) is 47.8 Å². The van der Waals surface area contributed by atoms with E-state index in [0.717, 1.165) is 45.4 Å². The van der Waals surface area contributed by atoms with Crippen LogP contribution in [0.5, 0.6) is 0 Å². The molecule has 1 saturated heterocycles. The highest BCUT2D eigenvalue weighted by atomic mass is 16.5. The summed E-state index contributed by atoms with van der Waals surface area (Å²) in [6.07, 6.45) is 4.10. The third kappa shape index (κ3) is 2.33. The topological polar surface area (TPSA) is 49.8 Å². The Morgan fingerprint density at radius 1 is 1.47 bits per heavy atom. The van der Waals surface area contributed by atoms with Crippen molar-refractivity contribution in [2.45, 2.75) is 51.7 Å². The fourth-order valence-electron chi connectivity index (χ4n) is 3.04. The first kappa shape index (κ1) is 12.8. The van der Waals surface area contributed by atoms with E-state index in [4.69, 9.17) is 4.74 Å². The van der Waals surface area contributed by atoms with E-state index in [-0.39, 0.29) is 0 Å². The van der Waals surface area contributed by atoms with Gasteiger partial charge in [-0.2, -0.15) is 0 Å². The molecule has 0 amide bonds. The van der Waals surface area contributed by atoms with Gasteiger partial charge in [0.25, 0.3) is 0 Å². The first-order valence-electron chi connectivity index (χ1n) is 6.70. The molecule has 4 heteroatoms. The van der Waals surface area contributed by atoms with Crippen LogP contribution in [0.1, 0.15) is 39.5 Å². The maximum Gasteiger partial charge on any atom is 0.310 e. The van der Waals surface area contributed by atoms with E-state index in [1.165, 1.54) is 0 Å². The van der Waals surface area contributed by atoms with Crippen molar-refractivity contribution in [3.8, 4) is 0 Å². The Bertz CT molecular complexity index is 288. The molecule has 1 aliphatic carbocycles. The summed E-state index contributed by atoms with van der Waals surface area (Å²) < 4.78 is 5.55. The van der Waals surface area contributed by atoms with Crippen molar-refractivity contribution in [3.63, 3.8) is 0 Å². The van der Waals surface area contributed by atoms with Crippen molar-refractivity contribution in [1.82, 2.24) is 4.90 Å². The predicted octanol–water partition coefficient (Wildman–Crippen LogP) is 1.74. The summed E-state index contributed by atoms with van der Waals surface area (Å²) in [4.78, 5) is 13.7. The standard InChI is InChI=1S/C13H23NO3/c1-3-13(12(15)16)5-6-14(9-13)10-7-11(8-10)17-4-2/h10-11H,3-9H2,1-2H3,(H,15,16). The van der Waals surface area contributed by atoms with Gasteiger partial charge in [-0.25, -0.2) is 0 Å². The number of rotatable bonds is 5. The van der Waals surface area contributed by atoms with E-state index in [0.29, 0.717) is 12.1 Å². The molecule has 0 aromatic carbocycles. The molecule has 17 heavy (non-hydrogen) atoms. The average Bonchev–Trinajstić information content (AvgIpc) is 2.68. The zero-order valence-electron chi connectivity index (χ0n) is 10.8. The lowest BCUT2D eigenvalue weighted by molar-refractivity contribution is -0.148. The number of ether oxygens (including phenoxy) is 1. The van der Waals surface area contributed by atoms with Crippen molar-refractivity contribution in [1.29, 1.82) is 0 Å². The summed E-state index contributed by atoms with van der Waals surface area (Å²) in [7, 11) is 0. The lowest BCUT2D eigenvalue weighted by atomic mass is 9.84. The maximum atomic E-state index is 11.3. The third-order valence-electron chi connectivity index (χ3n) is 4.50. The first-order valence-corrected chi connectivity index (χ1v) is 6.70. The van der Waals surface area contributed by atoms with Crippen molar-refractivity contribution in [3.05, 3.63) is 0 Å². The molecule has 0 radical (unpaired) electrons. The molecule has 0 aromatic heterocycles. The normalized spacial score (nSPS) is 38.0. The van der Waals surface area contributed by atoms with Gasteiger partial charge in [-0.3, -0.25) is 9.69 Å². The molecular weight excluding hydrogens is 218 g/mol. The van der Waals surface area contributed by atoms with Gasteiger partial charge >= 0.3 is 5.97 Å². The molecule has 0 spiro atoms. The van der Waals surface area contributed by atoms with Gasteiger partial charge < -0.3 is 9.84 Å². The number of hydrogen-bond acceptors (Lipinski definition) is 3. The van der Waals surface area contributed by atoms with Crippen LogP contribution in [0, 0.1) is 5.41 Å².